The van der Waals surface area contributed by atoms with Crippen molar-refractivity contribution in [2.24, 2.45) is 0 Å². The van der Waals surface area contributed by atoms with Gasteiger partial charge in [0.15, 0.2) is 0 Å². The van der Waals surface area contributed by atoms with E-state index in [2.05, 4.69) is 0 Å². The van der Waals surface area contributed by atoms with Gasteiger partial charge in [-0.3, -0.25) is 0 Å². The molecule has 0 aliphatic carbocycles. The van der Waals surface area contributed by atoms with Crippen molar-refractivity contribution < 1.29 is 13.5 Å². The molecule has 1 nitrogen and oxygen atoms in total. The molecule has 1 aromatic rings. The number of hydrogen-bond acceptors (Lipinski definition) is 1. The van der Waals surface area contributed by atoms with Crippen LogP contribution in [0.3, 0.4) is 0 Å². The molecule has 0 aliphatic rings. The zero-order chi connectivity index (χ0) is 9.14. The lowest BCUT2D eigenvalue weighted by molar-refractivity contribution is 0.240. The SMILES string of the molecule is CC(C)Oc1cc(F)cc(F)c1. The van der Waals surface area contributed by atoms with Crippen molar-refractivity contribution in [3.05, 3.63) is 29.8 Å². The molecule has 0 heterocycles. The van der Waals surface area contributed by atoms with Crippen molar-refractivity contribution in [2.75, 3.05) is 0 Å². The highest BCUT2D eigenvalue weighted by Crippen LogP contribution is 2.16. The van der Waals surface area contributed by atoms with Gasteiger partial charge >= 0.3 is 0 Å². The van der Waals surface area contributed by atoms with E-state index >= 15 is 0 Å². The largest absolute Gasteiger partial charge is 0.491 e. The third-order valence-corrected chi connectivity index (χ3v) is 1.21. The third kappa shape index (κ3) is 2.49. The van der Waals surface area contributed by atoms with Gasteiger partial charge in [-0.2, -0.15) is 0 Å². The van der Waals surface area contributed by atoms with Gasteiger partial charge in [0.05, 0.1) is 6.10 Å². The Kier molecular flexibility index (Phi) is 2.63. The molecule has 0 unspecified atom stereocenters. The Morgan fingerprint density at radius 1 is 1.08 bits per heavy atom. The maximum Gasteiger partial charge on any atom is 0.129 e. The highest BCUT2D eigenvalue weighted by Gasteiger charge is 2.02. The molecule has 3 heteroatoms. The number of hydrogen-bond donors (Lipinski definition) is 0. The summed E-state index contributed by atoms with van der Waals surface area (Å²) in [6.45, 7) is 3.59. The Labute approximate surface area is 70.0 Å². The van der Waals surface area contributed by atoms with Gasteiger partial charge in [0.25, 0.3) is 0 Å². The molecule has 1 rings (SSSR count). The average Bonchev–Trinajstić information content (AvgIpc) is 1.81. The van der Waals surface area contributed by atoms with Crippen molar-refractivity contribution in [1.82, 2.24) is 0 Å². The first-order valence-electron chi connectivity index (χ1n) is 3.70. The van der Waals surface area contributed by atoms with E-state index in [-0.39, 0.29) is 11.9 Å². The van der Waals surface area contributed by atoms with Crippen molar-refractivity contribution in [3.8, 4) is 5.75 Å². The number of ether oxygens (including phenoxy) is 1. The smallest absolute Gasteiger partial charge is 0.129 e. The second kappa shape index (κ2) is 3.52. The molecular formula is C9H10F2O. The zero-order valence-corrected chi connectivity index (χ0v) is 6.97. The zero-order valence-electron chi connectivity index (χ0n) is 6.97. The molecule has 12 heavy (non-hydrogen) atoms. The maximum absolute atomic E-state index is 12.6. The van der Waals surface area contributed by atoms with E-state index in [1.54, 1.807) is 13.8 Å². The molecular weight excluding hydrogens is 162 g/mol. The third-order valence-electron chi connectivity index (χ3n) is 1.21. The number of benzene rings is 1. The molecule has 0 radical (unpaired) electrons. The molecule has 0 spiro atoms. The molecule has 66 valence electrons. The van der Waals surface area contributed by atoms with E-state index in [0.717, 1.165) is 18.2 Å². The fourth-order valence-electron chi connectivity index (χ4n) is 0.869. The summed E-state index contributed by atoms with van der Waals surface area (Å²) in [7, 11) is 0. The van der Waals surface area contributed by atoms with Crippen LogP contribution in [0.15, 0.2) is 18.2 Å². The van der Waals surface area contributed by atoms with Crippen LogP contribution in [0.25, 0.3) is 0 Å². The average molecular weight is 172 g/mol. The summed E-state index contributed by atoms with van der Waals surface area (Å²) in [6, 6.07) is 3.12. The van der Waals surface area contributed by atoms with Gasteiger partial charge in [-0.25, -0.2) is 8.78 Å². The molecule has 0 saturated carbocycles. The fraction of sp³-hybridized carbons (Fsp3) is 0.333. The summed E-state index contributed by atoms with van der Waals surface area (Å²) in [5.74, 6) is -1.01. The second-order valence-electron chi connectivity index (χ2n) is 2.77. The van der Waals surface area contributed by atoms with Crippen LogP contribution in [0.1, 0.15) is 13.8 Å². The summed E-state index contributed by atoms with van der Waals surface area (Å²) < 4.78 is 30.2. The lowest BCUT2D eigenvalue weighted by atomic mass is 10.3. The predicted octanol–water partition coefficient (Wildman–Crippen LogP) is 2.75. The molecule has 0 bridgehead atoms. The van der Waals surface area contributed by atoms with Gasteiger partial charge in [-0.1, -0.05) is 0 Å². The Morgan fingerprint density at radius 3 is 2.00 bits per heavy atom. The molecule has 0 saturated heterocycles. The van der Waals surface area contributed by atoms with Crippen LogP contribution in [-0.2, 0) is 0 Å². The van der Waals surface area contributed by atoms with Crippen LogP contribution >= 0.6 is 0 Å². The van der Waals surface area contributed by atoms with Crippen LogP contribution in [-0.4, -0.2) is 6.10 Å². The van der Waals surface area contributed by atoms with E-state index in [4.69, 9.17) is 4.74 Å². The standard InChI is InChI=1S/C9H10F2O/c1-6(2)12-9-4-7(10)3-8(11)5-9/h3-6H,1-2H3. The molecule has 1 aromatic carbocycles. The topological polar surface area (TPSA) is 9.23 Å². The Morgan fingerprint density at radius 2 is 1.58 bits per heavy atom. The molecule has 0 fully saturated rings. The van der Waals surface area contributed by atoms with E-state index < -0.39 is 11.6 Å². The second-order valence-corrected chi connectivity index (χ2v) is 2.77. The van der Waals surface area contributed by atoms with Gasteiger partial charge in [0, 0.05) is 18.2 Å². The quantitative estimate of drug-likeness (QED) is 0.666. The molecule has 0 N–H and O–H groups in total. The molecule has 0 amide bonds. The summed E-state index contributed by atoms with van der Waals surface area (Å²) in [6.07, 6.45) is -0.0776. The van der Waals surface area contributed by atoms with E-state index in [0.29, 0.717) is 0 Å². The van der Waals surface area contributed by atoms with Crippen LogP contribution < -0.4 is 4.74 Å². The first-order valence-corrected chi connectivity index (χ1v) is 3.70. The van der Waals surface area contributed by atoms with Gasteiger partial charge in [-0.05, 0) is 13.8 Å². The summed E-state index contributed by atoms with van der Waals surface area (Å²) in [4.78, 5) is 0. The highest BCUT2D eigenvalue weighted by molar-refractivity contribution is 5.23. The van der Waals surface area contributed by atoms with Crippen molar-refractivity contribution in [3.63, 3.8) is 0 Å². The van der Waals surface area contributed by atoms with Gasteiger partial charge in [-0.15, -0.1) is 0 Å². The van der Waals surface area contributed by atoms with E-state index in [9.17, 15) is 8.78 Å². The predicted molar refractivity (Wildman–Crippen MR) is 42.1 cm³/mol. The van der Waals surface area contributed by atoms with Gasteiger partial charge in [0.2, 0.25) is 0 Å². The minimum absolute atomic E-state index is 0.0776. The Balaban J connectivity index is 2.85. The van der Waals surface area contributed by atoms with Crippen LogP contribution in [0.5, 0.6) is 5.75 Å². The van der Waals surface area contributed by atoms with Crippen LogP contribution in [0.4, 0.5) is 8.78 Å². The summed E-state index contributed by atoms with van der Waals surface area (Å²) in [5.41, 5.74) is 0. The number of rotatable bonds is 2. The fourth-order valence-corrected chi connectivity index (χ4v) is 0.869. The van der Waals surface area contributed by atoms with Crippen molar-refractivity contribution >= 4 is 0 Å². The lowest BCUT2D eigenvalue weighted by Crippen LogP contribution is -2.05. The molecule has 0 atom stereocenters. The van der Waals surface area contributed by atoms with Crippen molar-refractivity contribution in [1.29, 1.82) is 0 Å². The molecule has 0 aromatic heterocycles. The van der Waals surface area contributed by atoms with E-state index in [1.807, 2.05) is 0 Å². The van der Waals surface area contributed by atoms with Crippen molar-refractivity contribution in [2.45, 2.75) is 20.0 Å². The van der Waals surface area contributed by atoms with Gasteiger partial charge < -0.3 is 4.74 Å². The Bertz CT molecular complexity index is 251. The monoisotopic (exact) mass is 172 g/mol. The highest BCUT2D eigenvalue weighted by atomic mass is 19.1. The summed E-state index contributed by atoms with van der Waals surface area (Å²) in [5, 5.41) is 0. The first kappa shape index (κ1) is 8.97. The van der Waals surface area contributed by atoms with Crippen LogP contribution in [0.2, 0.25) is 0 Å². The normalized spacial score (nSPS) is 10.4. The lowest BCUT2D eigenvalue weighted by Gasteiger charge is -2.09. The molecule has 0 aliphatic heterocycles. The van der Waals surface area contributed by atoms with Gasteiger partial charge in [0.1, 0.15) is 17.4 Å². The number of halogens is 2. The van der Waals surface area contributed by atoms with E-state index in [1.165, 1.54) is 0 Å². The Hall–Kier alpha value is -1.12. The first-order chi connectivity index (χ1) is 5.58. The maximum atomic E-state index is 12.6. The minimum Gasteiger partial charge on any atom is -0.491 e. The summed E-state index contributed by atoms with van der Waals surface area (Å²) >= 11 is 0. The van der Waals surface area contributed by atoms with Crippen LogP contribution in [0, 0.1) is 11.6 Å². The minimum atomic E-state index is -0.620.